The van der Waals surface area contributed by atoms with Crippen molar-refractivity contribution >= 4 is 16.9 Å². The fourth-order valence-corrected chi connectivity index (χ4v) is 1.92. The van der Waals surface area contributed by atoms with Crippen LogP contribution in [-0.2, 0) is 6.61 Å². The zero-order valence-corrected chi connectivity index (χ0v) is 11.1. The van der Waals surface area contributed by atoms with E-state index in [1.807, 2.05) is 30.3 Å². The van der Waals surface area contributed by atoms with Crippen molar-refractivity contribution in [1.29, 1.82) is 0 Å². The molecule has 0 aliphatic heterocycles. The fourth-order valence-electron chi connectivity index (χ4n) is 1.92. The van der Waals surface area contributed by atoms with Crippen LogP contribution in [0.15, 0.2) is 54.9 Å². The van der Waals surface area contributed by atoms with Gasteiger partial charge in [-0.05, 0) is 24.3 Å². The first-order valence-corrected chi connectivity index (χ1v) is 6.38. The van der Waals surface area contributed by atoms with Crippen LogP contribution in [0.1, 0.15) is 16.1 Å². The van der Waals surface area contributed by atoms with Gasteiger partial charge in [-0.3, -0.25) is 9.97 Å². The van der Waals surface area contributed by atoms with Gasteiger partial charge in [0.25, 0.3) is 0 Å². The molecule has 0 unspecified atom stereocenters. The molecule has 0 bridgehead atoms. The molecule has 0 spiro atoms. The number of carboxylic acid groups (broad SMARTS) is 1. The number of benzene rings is 1. The molecule has 21 heavy (non-hydrogen) atoms. The van der Waals surface area contributed by atoms with Crippen LogP contribution in [0.2, 0.25) is 0 Å². The highest BCUT2D eigenvalue weighted by Gasteiger charge is 2.04. The van der Waals surface area contributed by atoms with Gasteiger partial charge in [-0.1, -0.05) is 18.2 Å². The van der Waals surface area contributed by atoms with Gasteiger partial charge in [0, 0.05) is 11.6 Å². The average Bonchev–Trinajstić information content (AvgIpc) is 2.53. The molecule has 104 valence electrons. The summed E-state index contributed by atoms with van der Waals surface area (Å²) in [6, 6.07) is 12.8. The van der Waals surface area contributed by atoms with Crippen molar-refractivity contribution in [3.8, 4) is 5.75 Å². The highest BCUT2D eigenvalue weighted by molar-refractivity contribution is 5.87. The van der Waals surface area contributed by atoms with Gasteiger partial charge in [-0.15, -0.1) is 0 Å². The standard InChI is InChI=1S/C16H12N2O3/c19-16(20)12-5-6-13(17-8-12)10-21-14-7-11-3-1-2-4-15(11)18-9-14/h1-9H,10H2,(H,19,20). The van der Waals surface area contributed by atoms with Crippen LogP contribution in [0, 0.1) is 0 Å². The van der Waals surface area contributed by atoms with Crippen molar-refractivity contribution in [3.05, 3.63) is 66.1 Å². The van der Waals surface area contributed by atoms with E-state index in [4.69, 9.17) is 9.84 Å². The van der Waals surface area contributed by atoms with Gasteiger partial charge in [0.05, 0.1) is 23.0 Å². The van der Waals surface area contributed by atoms with Gasteiger partial charge >= 0.3 is 5.97 Å². The lowest BCUT2D eigenvalue weighted by atomic mass is 10.2. The number of carboxylic acids is 1. The lowest BCUT2D eigenvalue weighted by molar-refractivity contribution is 0.0696. The molecule has 2 aromatic heterocycles. The number of rotatable bonds is 4. The van der Waals surface area contributed by atoms with Crippen molar-refractivity contribution in [3.63, 3.8) is 0 Å². The molecule has 3 rings (SSSR count). The fraction of sp³-hybridized carbons (Fsp3) is 0.0625. The predicted molar refractivity (Wildman–Crippen MR) is 77.3 cm³/mol. The van der Waals surface area contributed by atoms with Crippen LogP contribution in [0.5, 0.6) is 5.75 Å². The van der Waals surface area contributed by atoms with E-state index in [1.165, 1.54) is 12.3 Å². The van der Waals surface area contributed by atoms with E-state index in [0.29, 0.717) is 11.4 Å². The Bertz CT molecular complexity index is 785. The number of ether oxygens (including phenoxy) is 1. The molecule has 5 nitrogen and oxygen atoms in total. The number of nitrogens with zero attached hydrogens (tertiary/aromatic N) is 2. The second-order valence-electron chi connectivity index (χ2n) is 4.50. The third-order valence-corrected chi connectivity index (χ3v) is 3.02. The number of hydrogen-bond acceptors (Lipinski definition) is 4. The Balaban J connectivity index is 1.72. The predicted octanol–water partition coefficient (Wildman–Crippen LogP) is 2.91. The molecule has 5 heteroatoms. The molecule has 0 aliphatic rings. The summed E-state index contributed by atoms with van der Waals surface area (Å²) < 4.78 is 5.63. The molecule has 1 aromatic carbocycles. The molecule has 0 atom stereocenters. The lowest BCUT2D eigenvalue weighted by Crippen LogP contribution is -2.02. The Hall–Kier alpha value is -2.95. The molecule has 0 saturated carbocycles. The van der Waals surface area contributed by atoms with Crippen molar-refractivity contribution in [2.45, 2.75) is 6.61 Å². The van der Waals surface area contributed by atoms with Crippen LogP contribution >= 0.6 is 0 Å². The largest absolute Gasteiger partial charge is 0.486 e. The molecular formula is C16H12N2O3. The summed E-state index contributed by atoms with van der Waals surface area (Å²) in [4.78, 5) is 19.1. The van der Waals surface area contributed by atoms with Crippen LogP contribution in [0.4, 0.5) is 0 Å². The van der Waals surface area contributed by atoms with E-state index in [-0.39, 0.29) is 12.2 Å². The normalized spacial score (nSPS) is 10.5. The zero-order chi connectivity index (χ0) is 14.7. The highest BCUT2D eigenvalue weighted by Crippen LogP contribution is 2.18. The Morgan fingerprint density at radius 2 is 1.95 bits per heavy atom. The van der Waals surface area contributed by atoms with Crippen molar-refractivity contribution in [2.24, 2.45) is 0 Å². The number of hydrogen-bond donors (Lipinski definition) is 1. The quantitative estimate of drug-likeness (QED) is 0.795. The van der Waals surface area contributed by atoms with E-state index in [9.17, 15) is 4.79 Å². The summed E-state index contributed by atoms with van der Waals surface area (Å²) in [5.74, 6) is -0.341. The molecule has 1 N–H and O–H groups in total. The Kier molecular flexibility index (Phi) is 3.47. The summed E-state index contributed by atoms with van der Waals surface area (Å²) in [5, 5.41) is 9.81. The number of pyridine rings is 2. The maximum atomic E-state index is 10.7. The first kappa shape index (κ1) is 13.1. The summed E-state index contributed by atoms with van der Waals surface area (Å²) >= 11 is 0. The van der Waals surface area contributed by atoms with E-state index in [0.717, 1.165) is 10.9 Å². The second-order valence-corrected chi connectivity index (χ2v) is 4.50. The third kappa shape index (κ3) is 2.97. The first-order chi connectivity index (χ1) is 10.2. The van der Waals surface area contributed by atoms with Gasteiger partial charge in [0.1, 0.15) is 12.4 Å². The van der Waals surface area contributed by atoms with Crippen molar-refractivity contribution < 1.29 is 14.6 Å². The topological polar surface area (TPSA) is 72.3 Å². The number of fused-ring (bicyclic) bond motifs is 1. The number of aromatic nitrogens is 2. The van der Waals surface area contributed by atoms with Crippen molar-refractivity contribution in [2.75, 3.05) is 0 Å². The molecule has 2 heterocycles. The van der Waals surface area contributed by atoms with Crippen LogP contribution < -0.4 is 4.74 Å². The number of aromatic carboxylic acids is 1. The monoisotopic (exact) mass is 280 g/mol. The minimum absolute atomic E-state index is 0.158. The Labute approximate surface area is 120 Å². The van der Waals surface area contributed by atoms with Gasteiger partial charge in [-0.25, -0.2) is 4.79 Å². The van der Waals surface area contributed by atoms with Crippen LogP contribution in [0.3, 0.4) is 0 Å². The maximum absolute atomic E-state index is 10.7. The molecule has 0 amide bonds. The minimum atomic E-state index is -0.992. The van der Waals surface area contributed by atoms with Crippen LogP contribution in [-0.4, -0.2) is 21.0 Å². The highest BCUT2D eigenvalue weighted by atomic mass is 16.5. The average molecular weight is 280 g/mol. The summed E-state index contributed by atoms with van der Waals surface area (Å²) in [5.41, 5.74) is 1.73. The SMILES string of the molecule is O=C(O)c1ccc(COc2cnc3ccccc3c2)nc1. The van der Waals surface area contributed by atoms with E-state index in [2.05, 4.69) is 9.97 Å². The lowest BCUT2D eigenvalue weighted by Gasteiger charge is -2.06. The summed E-state index contributed by atoms with van der Waals surface area (Å²) in [6.07, 6.45) is 2.98. The summed E-state index contributed by atoms with van der Waals surface area (Å²) in [7, 11) is 0. The molecule has 0 saturated heterocycles. The minimum Gasteiger partial charge on any atom is -0.486 e. The third-order valence-electron chi connectivity index (χ3n) is 3.02. The first-order valence-electron chi connectivity index (χ1n) is 6.38. The zero-order valence-electron chi connectivity index (χ0n) is 11.1. The Morgan fingerprint density at radius 1 is 1.10 bits per heavy atom. The maximum Gasteiger partial charge on any atom is 0.337 e. The van der Waals surface area contributed by atoms with Gasteiger partial charge < -0.3 is 9.84 Å². The Morgan fingerprint density at radius 3 is 2.71 bits per heavy atom. The van der Waals surface area contributed by atoms with E-state index < -0.39 is 5.97 Å². The van der Waals surface area contributed by atoms with Crippen LogP contribution in [0.25, 0.3) is 10.9 Å². The number of carbonyl (C=O) groups is 1. The van der Waals surface area contributed by atoms with E-state index in [1.54, 1.807) is 12.3 Å². The second kappa shape index (κ2) is 5.58. The smallest absolute Gasteiger partial charge is 0.337 e. The van der Waals surface area contributed by atoms with Crippen molar-refractivity contribution in [1.82, 2.24) is 9.97 Å². The van der Waals surface area contributed by atoms with Gasteiger partial charge in [0.15, 0.2) is 0 Å². The van der Waals surface area contributed by atoms with Gasteiger partial charge in [0.2, 0.25) is 0 Å². The number of para-hydroxylation sites is 1. The van der Waals surface area contributed by atoms with E-state index >= 15 is 0 Å². The molecule has 3 aromatic rings. The molecule has 0 radical (unpaired) electrons. The molecule has 0 fully saturated rings. The summed E-state index contributed by atoms with van der Waals surface area (Å²) in [6.45, 7) is 0.264. The molecular weight excluding hydrogens is 268 g/mol. The molecule has 0 aliphatic carbocycles. The van der Waals surface area contributed by atoms with Gasteiger partial charge in [-0.2, -0.15) is 0 Å².